The Labute approximate surface area is 168 Å². The lowest BCUT2D eigenvalue weighted by Gasteiger charge is -2.14. The highest BCUT2D eigenvalue weighted by molar-refractivity contribution is 14.1. The third-order valence-corrected chi connectivity index (χ3v) is 3.69. The number of aromatic amines is 1. The van der Waals surface area contributed by atoms with Crippen molar-refractivity contribution in [2.45, 2.75) is 26.9 Å². The molecule has 0 aliphatic carbocycles. The first-order chi connectivity index (χ1) is 12.8. The maximum Gasteiger partial charge on any atom is 0.417 e. The minimum Gasteiger partial charge on any atom is -0.307 e. The number of halogens is 4. The zero-order valence-electron chi connectivity index (χ0n) is 15.1. The van der Waals surface area contributed by atoms with E-state index in [-0.39, 0.29) is 17.3 Å². The van der Waals surface area contributed by atoms with E-state index in [1.54, 1.807) is 20.8 Å². The smallest absolute Gasteiger partial charge is 0.307 e. The van der Waals surface area contributed by atoms with Crippen LogP contribution in [0.5, 0.6) is 0 Å². The molecule has 2 N–H and O–H groups in total. The molecule has 1 aromatic carbocycles. The van der Waals surface area contributed by atoms with E-state index in [1.165, 1.54) is 18.2 Å². The number of alkyl halides is 4. The van der Waals surface area contributed by atoms with Gasteiger partial charge in [-0.25, -0.2) is 9.97 Å². The molecule has 0 aliphatic heterocycles. The number of aryl methyl sites for hydroxylation is 2. The first kappa shape index (κ1) is 21.1. The first-order valence-corrected chi connectivity index (χ1v) is 9.97. The number of hydrogen-bond donors (Lipinski definition) is 2. The molecule has 0 spiro atoms. The molecule has 0 amide bonds. The van der Waals surface area contributed by atoms with Crippen LogP contribution < -0.4 is 5.32 Å². The van der Waals surface area contributed by atoms with Crippen LogP contribution in [0.1, 0.15) is 22.6 Å². The number of anilines is 2. The highest BCUT2D eigenvalue weighted by Gasteiger charge is 2.34. The summed E-state index contributed by atoms with van der Waals surface area (Å²) in [5.41, 5.74) is 0.415. The van der Waals surface area contributed by atoms with E-state index < -0.39 is 11.7 Å². The summed E-state index contributed by atoms with van der Waals surface area (Å²) in [6, 6.07) is 5.23. The number of aromatic nitrogens is 5. The summed E-state index contributed by atoms with van der Waals surface area (Å²) in [7, 11) is 0. The number of nitrogens with zero attached hydrogens (tertiary/aromatic N) is 4. The minimum atomic E-state index is -4.49. The van der Waals surface area contributed by atoms with E-state index >= 15 is 0 Å². The monoisotopic (exact) mass is 490 g/mol. The second-order valence-corrected chi connectivity index (χ2v) is 5.52. The largest absolute Gasteiger partial charge is 0.417 e. The average molecular weight is 490 g/mol. The summed E-state index contributed by atoms with van der Waals surface area (Å²) in [6.07, 6.45) is -4.49. The molecule has 6 nitrogen and oxygen atoms in total. The maximum absolute atomic E-state index is 13.3. The Morgan fingerprint density at radius 2 is 1.67 bits per heavy atom. The fourth-order valence-corrected chi connectivity index (χ4v) is 2.30. The van der Waals surface area contributed by atoms with Crippen LogP contribution in [-0.4, -0.2) is 30.1 Å². The van der Waals surface area contributed by atoms with Gasteiger partial charge in [-0.2, -0.15) is 18.2 Å². The molecular formula is C17H18F3IN6. The van der Waals surface area contributed by atoms with Gasteiger partial charge in [-0.3, -0.25) is 5.10 Å². The van der Waals surface area contributed by atoms with Gasteiger partial charge >= 0.3 is 6.18 Å². The number of hydrogen-bond acceptors (Lipinski definition) is 5. The molecule has 2 aromatic heterocycles. The summed E-state index contributed by atoms with van der Waals surface area (Å²) in [5, 5.41) is 9.55. The standard InChI is InChI=1S/C16H15F3N6.CH3I/c1-8-9(2)20-14(11-6-4-5-7-12(11)16(17,18)19)22-13(8)23-15-21-10(3)24-25-15;1-2/h4-7H,1-3H3,(H2,20,21,22,23,24,25);1H3. The number of rotatable bonds is 3. The normalized spacial score (nSPS) is 11.0. The zero-order chi connectivity index (χ0) is 20.2. The molecular weight excluding hydrogens is 472 g/mol. The molecule has 3 aromatic rings. The van der Waals surface area contributed by atoms with Gasteiger partial charge in [0.05, 0.1) is 5.56 Å². The number of nitrogens with one attached hydrogen (secondary N) is 2. The third kappa shape index (κ3) is 4.93. The van der Waals surface area contributed by atoms with Crippen molar-refractivity contribution in [3.63, 3.8) is 0 Å². The zero-order valence-corrected chi connectivity index (χ0v) is 17.3. The van der Waals surface area contributed by atoms with Gasteiger partial charge in [-0.1, -0.05) is 40.8 Å². The van der Waals surface area contributed by atoms with Crippen molar-refractivity contribution in [1.29, 1.82) is 0 Å². The molecule has 0 unspecified atom stereocenters. The second-order valence-electron chi connectivity index (χ2n) is 5.52. The van der Waals surface area contributed by atoms with Gasteiger partial charge in [0, 0.05) is 16.8 Å². The van der Waals surface area contributed by atoms with Gasteiger partial charge in [0.2, 0.25) is 5.95 Å². The lowest BCUT2D eigenvalue weighted by atomic mass is 10.1. The third-order valence-electron chi connectivity index (χ3n) is 3.69. The Hall–Kier alpha value is -2.24. The lowest BCUT2D eigenvalue weighted by molar-refractivity contribution is -0.137. The molecule has 0 saturated carbocycles. The van der Waals surface area contributed by atoms with Gasteiger partial charge in [-0.05, 0) is 31.8 Å². The van der Waals surface area contributed by atoms with Crippen LogP contribution in [0, 0.1) is 20.8 Å². The van der Waals surface area contributed by atoms with E-state index in [1.807, 2.05) is 4.93 Å². The summed E-state index contributed by atoms with van der Waals surface area (Å²) < 4.78 is 39.8. The van der Waals surface area contributed by atoms with Gasteiger partial charge in [-0.15, -0.1) is 5.10 Å². The van der Waals surface area contributed by atoms with Crippen molar-refractivity contribution in [1.82, 2.24) is 25.1 Å². The van der Waals surface area contributed by atoms with Crippen molar-refractivity contribution < 1.29 is 13.2 Å². The molecule has 0 fully saturated rings. The van der Waals surface area contributed by atoms with Crippen LogP contribution in [-0.2, 0) is 6.18 Å². The fourth-order valence-electron chi connectivity index (χ4n) is 2.30. The van der Waals surface area contributed by atoms with E-state index in [2.05, 4.69) is 53.1 Å². The molecule has 2 heterocycles. The molecule has 27 heavy (non-hydrogen) atoms. The molecule has 3 rings (SSSR count). The molecule has 10 heteroatoms. The number of H-pyrrole nitrogens is 1. The average Bonchev–Trinajstić information content (AvgIpc) is 3.04. The van der Waals surface area contributed by atoms with Gasteiger partial charge in [0.15, 0.2) is 5.82 Å². The molecule has 144 valence electrons. The van der Waals surface area contributed by atoms with Crippen LogP contribution in [0.3, 0.4) is 0 Å². The Bertz CT molecular complexity index is 923. The van der Waals surface area contributed by atoms with Gasteiger partial charge in [0.25, 0.3) is 0 Å². The predicted molar refractivity (Wildman–Crippen MR) is 106 cm³/mol. The molecule has 0 aliphatic rings. The molecule has 0 atom stereocenters. The number of benzene rings is 1. The fraction of sp³-hybridized carbons (Fsp3) is 0.294. The van der Waals surface area contributed by atoms with Crippen LogP contribution >= 0.6 is 22.6 Å². The Kier molecular flexibility index (Phi) is 6.73. The summed E-state index contributed by atoms with van der Waals surface area (Å²) in [6.45, 7) is 5.23. The Balaban J connectivity index is 0.00000126. The van der Waals surface area contributed by atoms with E-state index in [0.717, 1.165) is 6.07 Å². The van der Waals surface area contributed by atoms with Crippen molar-refractivity contribution in [2.75, 3.05) is 10.2 Å². The Morgan fingerprint density at radius 3 is 2.26 bits per heavy atom. The van der Waals surface area contributed by atoms with Crippen molar-refractivity contribution in [3.05, 3.63) is 46.9 Å². The second kappa shape index (κ2) is 8.63. The topological polar surface area (TPSA) is 79.4 Å². The van der Waals surface area contributed by atoms with Gasteiger partial charge < -0.3 is 5.32 Å². The van der Waals surface area contributed by atoms with E-state index in [0.29, 0.717) is 22.9 Å². The molecule has 0 saturated heterocycles. The van der Waals surface area contributed by atoms with Crippen molar-refractivity contribution >= 4 is 34.4 Å². The highest BCUT2D eigenvalue weighted by atomic mass is 127. The van der Waals surface area contributed by atoms with Gasteiger partial charge in [0.1, 0.15) is 11.6 Å². The SMILES string of the molecule is CI.Cc1nc(Nc2nc(-c3ccccc3C(F)(F)F)nc(C)c2C)n[nH]1. The van der Waals surface area contributed by atoms with E-state index in [4.69, 9.17) is 0 Å². The predicted octanol–water partition coefficient (Wildman–Crippen LogP) is 5.00. The summed E-state index contributed by atoms with van der Waals surface area (Å²) >= 11 is 2.15. The maximum atomic E-state index is 13.3. The summed E-state index contributed by atoms with van der Waals surface area (Å²) in [5.74, 6) is 1.24. The van der Waals surface area contributed by atoms with Crippen molar-refractivity contribution in [3.8, 4) is 11.4 Å². The van der Waals surface area contributed by atoms with Crippen LogP contribution in [0.4, 0.5) is 24.9 Å². The minimum absolute atomic E-state index is 0.00853. The highest BCUT2D eigenvalue weighted by Crippen LogP contribution is 2.36. The lowest BCUT2D eigenvalue weighted by Crippen LogP contribution is -2.10. The van der Waals surface area contributed by atoms with Crippen molar-refractivity contribution in [2.24, 2.45) is 0 Å². The molecule has 0 radical (unpaired) electrons. The molecule has 0 bridgehead atoms. The first-order valence-electron chi connectivity index (χ1n) is 7.81. The van der Waals surface area contributed by atoms with E-state index in [9.17, 15) is 13.2 Å². The van der Waals surface area contributed by atoms with Crippen LogP contribution in [0.2, 0.25) is 0 Å². The van der Waals surface area contributed by atoms with Crippen LogP contribution in [0.25, 0.3) is 11.4 Å². The van der Waals surface area contributed by atoms with Crippen LogP contribution in [0.15, 0.2) is 24.3 Å². The quantitative estimate of drug-likeness (QED) is 0.399. The summed E-state index contributed by atoms with van der Waals surface area (Å²) in [4.78, 5) is 14.6. The Morgan fingerprint density at radius 1 is 1.00 bits per heavy atom.